The Balaban J connectivity index is 1.93. The lowest BCUT2D eigenvalue weighted by Gasteiger charge is -2.09. The number of rotatable bonds is 4. The average Bonchev–Trinajstić information content (AvgIpc) is 3.02. The second kappa shape index (κ2) is 7.24. The second-order valence-corrected chi connectivity index (χ2v) is 7.23. The number of fused-ring (bicyclic) bond motifs is 1. The van der Waals surface area contributed by atoms with E-state index in [4.69, 9.17) is 10.7 Å². The molecule has 4 aromatic rings. The van der Waals surface area contributed by atoms with Crippen LogP contribution in [0, 0.1) is 0 Å². The molecule has 0 fully saturated rings. The number of H-pyrrole nitrogens is 1. The number of hydrogen-bond donors (Lipinski definition) is 3. The van der Waals surface area contributed by atoms with Crippen molar-refractivity contribution in [2.45, 2.75) is 19.8 Å². The Morgan fingerprint density at radius 2 is 1.68 bits per heavy atom. The molecule has 4 nitrogen and oxygen atoms in total. The van der Waals surface area contributed by atoms with Crippen LogP contribution in [0.2, 0.25) is 0 Å². The van der Waals surface area contributed by atoms with Gasteiger partial charge in [0, 0.05) is 22.2 Å². The Kier molecular flexibility index (Phi) is 4.62. The van der Waals surface area contributed by atoms with Crippen molar-refractivity contribution in [2.24, 2.45) is 4.99 Å². The molecule has 0 amide bonds. The van der Waals surface area contributed by atoms with Crippen molar-refractivity contribution in [3.8, 4) is 5.88 Å². The van der Waals surface area contributed by atoms with Crippen LogP contribution in [0.3, 0.4) is 0 Å². The van der Waals surface area contributed by atoms with Gasteiger partial charge in [0.25, 0.3) is 0 Å². The van der Waals surface area contributed by atoms with Crippen molar-refractivity contribution < 1.29 is 5.11 Å². The summed E-state index contributed by atoms with van der Waals surface area (Å²) in [5, 5.41) is 11.5. The van der Waals surface area contributed by atoms with Crippen LogP contribution in [0.25, 0.3) is 10.9 Å². The van der Waals surface area contributed by atoms with Crippen molar-refractivity contribution in [1.82, 2.24) is 4.98 Å². The molecular weight excluding hydrogens is 346 g/mol. The highest BCUT2D eigenvalue weighted by atomic mass is 16.3. The molecular formula is C24H23N3O. The molecule has 0 atom stereocenters. The molecule has 4 heteroatoms. The molecule has 0 unspecified atom stereocenters. The number of aromatic amines is 1. The van der Waals surface area contributed by atoms with E-state index in [1.165, 1.54) is 5.56 Å². The van der Waals surface area contributed by atoms with Gasteiger partial charge in [-0.25, -0.2) is 4.99 Å². The Labute approximate surface area is 164 Å². The van der Waals surface area contributed by atoms with Crippen LogP contribution in [0.15, 0.2) is 77.8 Å². The van der Waals surface area contributed by atoms with Crippen molar-refractivity contribution in [3.63, 3.8) is 0 Å². The average molecular weight is 369 g/mol. The smallest absolute Gasteiger partial charge is 0.199 e. The molecule has 0 aliphatic carbocycles. The third-order valence-corrected chi connectivity index (χ3v) is 4.89. The summed E-state index contributed by atoms with van der Waals surface area (Å²) in [5.74, 6) is 0.550. The van der Waals surface area contributed by atoms with Crippen molar-refractivity contribution >= 4 is 28.0 Å². The van der Waals surface area contributed by atoms with Crippen molar-refractivity contribution in [2.75, 3.05) is 5.73 Å². The Bertz CT molecular complexity index is 1140. The van der Waals surface area contributed by atoms with Gasteiger partial charge in [-0.1, -0.05) is 56.3 Å². The summed E-state index contributed by atoms with van der Waals surface area (Å²) < 4.78 is 0. The van der Waals surface area contributed by atoms with Crippen LogP contribution in [-0.4, -0.2) is 15.8 Å². The van der Waals surface area contributed by atoms with Gasteiger partial charge in [-0.2, -0.15) is 0 Å². The van der Waals surface area contributed by atoms with Gasteiger partial charge in [0.2, 0.25) is 0 Å². The number of anilines is 1. The molecule has 0 radical (unpaired) electrons. The minimum absolute atomic E-state index is 0.0852. The van der Waals surface area contributed by atoms with Crippen molar-refractivity contribution in [3.05, 3.63) is 89.5 Å². The molecule has 140 valence electrons. The van der Waals surface area contributed by atoms with Crippen molar-refractivity contribution in [1.29, 1.82) is 0 Å². The molecule has 0 saturated heterocycles. The summed E-state index contributed by atoms with van der Waals surface area (Å²) in [6.07, 6.45) is 0. The molecule has 0 spiro atoms. The highest BCUT2D eigenvalue weighted by molar-refractivity contribution is 6.22. The monoisotopic (exact) mass is 369 g/mol. The fourth-order valence-electron chi connectivity index (χ4n) is 3.36. The summed E-state index contributed by atoms with van der Waals surface area (Å²) in [6, 6.07) is 23.6. The lowest BCUT2D eigenvalue weighted by molar-refractivity contribution is 0.457. The minimum Gasteiger partial charge on any atom is -0.494 e. The zero-order valence-electron chi connectivity index (χ0n) is 16.0. The van der Waals surface area contributed by atoms with Crippen LogP contribution < -0.4 is 5.73 Å². The molecule has 4 N–H and O–H groups in total. The summed E-state index contributed by atoms with van der Waals surface area (Å²) in [6.45, 7) is 4.34. The third kappa shape index (κ3) is 3.37. The topological polar surface area (TPSA) is 74.4 Å². The van der Waals surface area contributed by atoms with Crippen LogP contribution in [-0.2, 0) is 0 Å². The first-order valence-electron chi connectivity index (χ1n) is 9.37. The number of benzene rings is 3. The van der Waals surface area contributed by atoms with Gasteiger partial charge in [0.05, 0.1) is 17.0 Å². The number of aromatic hydroxyl groups is 1. The minimum atomic E-state index is 0.0852. The Morgan fingerprint density at radius 1 is 0.964 bits per heavy atom. The predicted octanol–water partition coefficient (Wildman–Crippen LogP) is 5.75. The first-order valence-corrected chi connectivity index (χ1v) is 9.37. The lowest BCUT2D eigenvalue weighted by atomic mass is 10.00. The molecule has 1 heterocycles. The molecule has 4 rings (SSSR count). The standard InChI is InChI=1S/C24H23N3O/c1-15(2)16-8-11-19(12-9-16)26-23(17-6-4-3-5-7-17)22-20-14-18(25)10-13-21(20)27-24(22)28/h3-15,27-28H,25H2,1-2H3. The maximum atomic E-state index is 10.7. The van der Waals surface area contributed by atoms with E-state index in [9.17, 15) is 5.11 Å². The number of nitrogen functional groups attached to an aromatic ring is 1. The first kappa shape index (κ1) is 17.9. The van der Waals surface area contributed by atoms with Crippen LogP contribution >= 0.6 is 0 Å². The summed E-state index contributed by atoms with van der Waals surface area (Å²) in [5.41, 5.74) is 11.8. The van der Waals surface area contributed by atoms with Gasteiger partial charge in [-0.05, 0) is 41.8 Å². The largest absolute Gasteiger partial charge is 0.494 e. The van der Waals surface area contributed by atoms with Gasteiger partial charge >= 0.3 is 0 Å². The highest BCUT2D eigenvalue weighted by Gasteiger charge is 2.18. The number of aromatic nitrogens is 1. The highest BCUT2D eigenvalue weighted by Crippen LogP contribution is 2.32. The maximum Gasteiger partial charge on any atom is 0.199 e. The number of nitrogens with two attached hydrogens (primary N) is 1. The summed E-state index contributed by atoms with van der Waals surface area (Å²) in [7, 11) is 0. The quantitative estimate of drug-likeness (QED) is 0.316. The number of aliphatic imine (C=N–C) groups is 1. The molecule has 0 saturated carbocycles. The van der Waals surface area contributed by atoms with E-state index in [2.05, 4.69) is 31.0 Å². The van der Waals surface area contributed by atoms with Crippen LogP contribution in [0.4, 0.5) is 11.4 Å². The second-order valence-electron chi connectivity index (χ2n) is 7.23. The number of nitrogens with one attached hydrogen (secondary N) is 1. The van der Waals surface area contributed by atoms with E-state index in [0.29, 0.717) is 22.9 Å². The first-order chi connectivity index (χ1) is 13.5. The van der Waals surface area contributed by atoms with E-state index < -0.39 is 0 Å². The number of hydrogen-bond acceptors (Lipinski definition) is 3. The zero-order chi connectivity index (χ0) is 19.7. The number of nitrogens with zero attached hydrogens (tertiary/aromatic N) is 1. The third-order valence-electron chi connectivity index (χ3n) is 4.89. The van der Waals surface area contributed by atoms with Gasteiger partial charge < -0.3 is 15.8 Å². The van der Waals surface area contributed by atoms with E-state index in [1.807, 2.05) is 60.7 Å². The van der Waals surface area contributed by atoms with Gasteiger partial charge in [-0.15, -0.1) is 0 Å². The molecule has 0 aliphatic rings. The summed E-state index contributed by atoms with van der Waals surface area (Å²) in [4.78, 5) is 7.94. The zero-order valence-corrected chi connectivity index (χ0v) is 16.0. The molecule has 3 aromatic carbocycles. The van der Waals surface area contributed by atoms with E-state index in [-0.39, 0.29) is 5.88 Å². The van der Waals surface area contributed by atoms with Gasteiger partial charge in [-0.3, -0.25) is 0 Å². The SMILES string of the molecule is CC(C)c1ccc(N=C(c2ccccc2)c2c(O)[nH]c3ccc(N)cc23)cc1. The van der Waals surface area contributed by atoms with Gasteiger partial charge in [0.1, 0.15) is 0 Å². The van der Waals surface area contributed by atoms with Crippen LogP contribution in [0.5, 0.6) is 5.88 Å². The Morgan fingerprint density at radius 3 is 2.36 bits per heavy atom. The van der Waals surface area contributed by atoms with Crippen LogP contribution in [0.1, 0.15) is 36.5 Å². The molecule has 0 bridgehead atoms. The van der Waals surface area contributed by atoms with E-state index in [0.717, 1.165) is 22.2 Å². The molecule has 28 heavy (non-hydrogen) atoms. The molecule has 1 aromatic heterocycles. The fourth-order valence-corrected chi connectivity index (χ4v) is 3.36. The Hall–Kier alpha value is -3.53. The van der Waals surface area contributed by atoms with Gasteiger partial charge in [0.15, 0.2) is 5.88 Å². The predicted molar refractivity (Wildman–Crippen MR) is 117 cm³/mol. The summed E-state index contributed by atoms with van der Waals surface area (Å²) >= 11 is 0. The fraction of sp³-hybridized carbons (Fsp3) is 0.125. The van der Waals surface area contributed by atoms with E-state index >= 15 is 0 Å². The maximum absolute atomic E-state index is 10.7. The molecule has 0 aliphatic heterocycles. The lowest BCUT2D eigenvalue weighted by Crippen LogP contribution is -2.03. The normalized spacial score (nSPS) is 12.0. The van der Waals surface area contributed by atoms with E-state index in [1.54, 1.807) is 0 Å².